The zero-order valence-electron chi connectivity index (χ0n) is 12.4. The number of hydrogen-bond acceptors (Lipinski definition) is 3. The Morgan fingerprint density at radius 2 is 1.68 bits per heavy atom. The Bertz CT molecular complexity index is 382. The zero-order chi connectivity index (χ0) is 14.0. The molecule has 0 aromatic heterocycles. The minimum Gasteiger partial charge on any atom is -0.313 e. The van der Waals surface area contributed by atoms with Crippen LogP contribution in [0.2, 0.25) is 0 Å². The highest BCUT2D eigenvalue weighted by atomic mass is 32.2. The van der Waals surface area contributed by atoms with Crippen LogP contribution in [-0.4, -0.2) is 43.6 Å². The van der Waals surface area contributed by atoms with Gasteiger partial charge in [-0.2, -0.15) is 0 Å². The Balaban J connectivity index is 1.85. The molecule has 0 radical (unpaired) electrons. The third-order valence-corrected chi connectivity index (χ3v) is 6.85. The third-order valence-electron chi connectivity index (χ3n) is 4.58. The monoisotopic (exact) mass is 288 g/mol. The molecular weight excluding hydrogens is 260 g/mol. The van der Waals surface area contributed by atoms with E-state index in [1.54, 1.807) is 4.31 Å². The van der Waals surface area contributed by atoms with Gasteiger partial charge in [-0.05, 0) is 44.4 Å². The predicted molar refractivity (Wildman–Crippen MR) is 78.5 cm³/mol. The number of nitrogens with one attached hydrogen (secondary N) is 1. The summed E-state index contributed by atoms with van der Waals surface area (Å²) in [6.45, 7) is 8.31. The van der Waals surface area contributed by atoms with E-state index in [-0.39, 0.29) is 5.25 Å². The van der Waals surface area contributed by atoms with Gasteiger partial charge in [0.05, 0.1) is 5.25 Å². The molecule has 112 valence electrons. The molecule has 0 amide bonds. The Labute approximate surface area is 118 Å². The zero-order valence-corrected chi connectivity index (χ0v) is 13.2. The van der Waals surface area contributed by atoms with E-state index in [9.17, 15) is 8.42 Å². The van der Waals surface area contributed by atoms with E-state index in [4.69, 9.17) is 0 Å². The fraction of sp³-hybridized carbons (Fsp3) is 1.00. The smallest absolute Gasteiger partial charge is 0.217 e. The molecule has 1 atom stereocenters. The van der Waals surface area contributed by atoms with Gasteiger partial charge >= 0.3 is 0 Å². The summed E-state index contributed by atoms with van der Waals surface area (Å²) >= 11 is 0. The quantitative estimate of drug-likeness (QED) is 0.811. The lowest BCUT2D eigenvalue weighted by Gasteiger charge is -2.34. The summed E-state index contributed by atoms with van der Waals surface area (Å²) in [5.41, 5.74) is 0. The molecule has 1 N–H and O–H groups in total. The molecule has 2 fully saturated rings. The van der Waals surface area contributed by atoms with Gasteiger partial charge in [-0.25, -0.2) is 12.7 Å². The molecular formula is C14H28N2O2S. The average molecular weight is 288 g/mol. The number of piperidine rings is 1. The molecule has 1 aliphatic carbocycles. The lowest BCUT2D eigenvalue weighted by molar-refractivity contribution is 0.225. The van der Waals surface area contributed by atoms with E-state index in [0.717, 1.165) is 12.8 Å². The van der Waals surface area contributed by atoms with Crippen LogP contribution in [0.1, 0.15) is 46.5 Å². The summed E-state index contributed by atoms with van der Waals surface area (Å²) in [4.78, 5) is 0. The van der Waals surface area contributed by atoms with E-state index in [1.807, 2.05) is 6.92 Å². The summed E-state index contributed by atoms with van der Waals surface area (Å²) < 4.78 is 26.7. The molecule has 1 saturated carbocycles. The standard InChI is InChI=1S/C14H28N2O2S/c1-11(2)13-6-8-16(9-7-13)19(17,18)12(3)10-15-14-4-5-14/h11-15H,4-10H2,1-3H3. The number of rotatable bonds is 6. The SMILES string of the molecule is CC(C)C1CCN(S(=O)(=O)C(C)CNC2CC2)CC1. The van der Waals surface area contributed by atoms with E-state index < -0.39 is 10.0 Å². The first kappa shape index (κ1) is 15.3. The van der Waals surface area contributed by atoms with Gasteiger partial charge in [-0.1, -0.05) is 13.8 Å². The van der Waals surface area contributed by atoms with Gasteiger partial charge in [0, 0.05) is 25.7 Å². The average Bonchev–Trinajstić information content (AvgIpc) is 3.20. The number of nitrogens with zero attached hydrogens (tertiary/aromatic N) is 1. The van der Waals surface area contributed by atoms with Crippen molar-refractivity contribution < 1.29 is 8.42 Å². The lowest BCUT2D eigenvalue weighted by atomic mass is 9.87. The highest BCUT2D eigenvalue weighted by Crippen LogP contribution is 2.27. The van der Waals surface area contributed by atoms with E-state index in [0.29, 0.717) is 37.5 Å². The highest BCUT2D eigenvalue weighted by molar-refractivity contribution is 7.89. The first-order valence-electron chi connectivity index (χ1n) is 7.63. The highest BCUT2D eigenvalue weighted by Gasteiger charge is 2.33. The van der Waals surface area contributed by atoms with Crippen molar-refractivity contribution in [3.05, 3.63) is 0 Å². The summed E-state index contributed by atoms with van der Waals surface area (Å²) in [5.74, 6) is 1.35. The maximum atomic E-state index is 12.5. The second kappa shape index (κ2) is 6.10. The molecule has 1 saturated heterocycles. The van der Waals surface area contributed by atoms with Crippen LogP contribution in [0.5, 0.6) is 0 Å². The van der Waals surface area contributed by atoms with E-state index in [2.05, 4.69) is 19.2 Å². The fourth-order valence-electron chi connectivity index (χ4n) is 2.78. The molecule has 1 aliphatic heterocycles. The predicted octanol–water partition coefficient (Wildman–Crippen LogP) is 1.82. The van der Waals surface area contributed by atoms with E-state index in [1.165, 1.54) is 12.8 Å². The topological polar surface area (TPSA) is 49.4 Å². The molecule has 5 heteroatoms. The normalized spacial score (nSPS) is 24.8. The minimum atomic E-state index is -3.11. The largest absolute Gasteiger partial charge is 0.313 e. The van der Waals surface area contributed by atoms with Gasteiger partial charge in [0.25, 0.3) is 0 Å². The molecule has 1 unspecified atom stereocenters. The second-order valence-electron chi connectivity index (χ2n) is 6.52. The second-order valence-corrected chi connectivity index (χ2v) is 8.87. The van der Waals surface area contributed by atoms with Gasteiger partial charge in [0.15, 0.2) is 0 Å². The van der Waals surface area contributed by atoms with Gasteiger partial charge in [-0.15, -0.1) is 0 Å². The Morgan fingerprint density at radius 1 is 1.11 bits per heavy atom. The van der Waals surface area contributed by atoms with Crippen LogP contribution >= 0.6 is 0 Å². The molecule has 0 aromatic rings. The Kier molecular flexibility index (Phi) is 4.90. The van der Waals surface area contributed by atoms with Crippen molar-refractivity contribution >= 4 is 10.0 Å². The van der Waals surface area contributed by atoms with Crippen LogP contribution in [0.3, 0.4) is 0 Å². The summed E-state index contributed by atoms with van der Waals surface area (Å²) in [6.07, 6.45) is 4.43. The fourth-order valence-corrected chi connectivity index (χ4v) is 4.31. The Hall–Kier alpha value is -0.130. The number of sulfonamides is 1. The molecule has 0 spiro atoms. The Morgan fingerprint density at radius 3 is 2.16 bits per heavy atom. The first-order valence-corrected chi connectivity index (χ1v) is 9.14. The van der Waals surface area contributed by atoms with Gasteiger partial charge in [0.1, 0.15) is 0 Å². The van der Waals surface area contributed by atoms with Crippen LogP contribution in [0.15, 0.2) is 0 Å². The summed E-state index contributed by atoms with van der Waals surface area (Å²) in [7, 11) is -3.11. The van der Waals surface area contributed by atoms with Crippen molar-refractivity contribution in [3.8, 4) is 0 Å². The molecule has 0 bridgehead atoms. The third kappa shape index (κ3) is 3.92. The van der Waals surface area contributed by atoms with Gasteiger partial charge in [-0.3, -0.25) is 0 Å². The molecule has 2 aliphatic rings. The van der Waals surface area contributed by atoms with Crippen molar-refractivity contribution in [3.63, 3.8) is 0 Å². The maximum Gasteiger partial charge on any atom is 0.217 e. The first-order chi connectivity index (χ1) is 8.91. The number of hydrogen-bond donors (Lipinski definition) is 1. The van der Waals surface area contributed by atoms with Crippen LogP contribution in [-0.2, 0) is 10.0 Å². The van der Waals surface area contributed by atoms with E-state index >= 15 is 0 Å². The minimum absolute atomic E-state index is 0.302. The summed E-state index contributed by atoms with van der Waals surface area (Å²) in [5, 5.41) is 3.02. The molecule has 0 aromatic carbocycles. The van der Waals surface area contributed by atoms with Crippen molar-refractivity contribution in [1.29, 1.82) is 0 Å². The molecule has 4 nitrogen and oxygen atoms in total. The molecule has 2 rings (SSSR count). The van der Waals surface area contributed by atoms with Crippen LogP contribution in [0.4, 0.5) is 0 Å². The van der Waals surface area contributed by atoms with Crippen molar-refractivity contribution in [2.45, 2.75) is 57.7 Å². The maximum absolute atomic E-state index is 12.5. The van der Waals surface area contributed by atoms with Crippen molar-refractivity contribution in [1.82, 2.24) is 9.62 Å². The molecule has 19 heavy (non-hydrogen) atoms. The van der Waals surface area contributed by atoms with Crippen LogP contribution < -0.4 is 5.32 Å². The van der Waals surface area contributed by atoms with Gasteiger partial charge in [0.2, 0.25) is 10.0 Å². The van der Waals surface area contributed by atoms with Gasteiger partial charge < -0.3 is 5.32 Å². The van der Waals surface area contributed by atoms with Crippen molar-refractivity contribution in [2.75, 3.05) is 19.6 Å². The lowest BCUT2D eigenvalue weighted by Crippen LogP contribution is -2.46. The molecule has 1 heterocycles. The van der Waals surface area contributed by atoms with Crippen molar-refractivity contribution in [2.24, 2.45) is 11.8 Å². The van der Waals surface area contributed by atoms with Crippen LogP contribution in [0, 0.1) is 11.8 Å². The van der Waals surface area contributed by atoms with Crippen LogP contribution in [0.25, 0.3) is 0 Å². The summed E-state index contributed by atoms with van der Waals surface area (Å²) in [6, 6.07) is 0.573.